The molecule has 8 heteroatoms. The average molecular weight is 477 g/mol. The monoisotopic (exact) mass is 476 g/mol. The van der Waals surface area contributed by atoms with Crippen LogP contribution in [-0.4, -0.2) is 35.2 Å². The molecule has 0 atom stereocenters. The van der Waals surface area contributed by atoms with Gasteiger partial charge in [-0.05, 0) is 47.2 Å². The van der Waals surface area contributed by atoms with Gasteiger partial charge in [0, 0.05) is 5.92 Å². The van der Waals surface area contributed by atoms with E-state index in [0.717, 1.165) is 22.3 Å². The number of fused-ring (bicyclic) bond motifs is 3. The van der Waals surface area contributed by atoms with Gasteiger partial charge in [-0.2, -0.15) is 0 Å². The molecule has 4 rings (SSSR count). The number of carboxylic acids is 1. The molecule has 2 amide bonds. The Morgan fingerprint density at radius 2 is 1.54 bits per heavy atom. The second-order valence-corrected chi connectivity index (χ2v) is 8.49. The van der Waals surface area contributed by atoms with Crippen molar-refractivity contribution in [2.75, 3.05) is 6.61 Å². The molecule has 0 unspecified atom stereocenters. The number of carboxylic acid groups (broad SMARTS) is 1. The van der Waals surface area contributed by atoms with Gasteiger partial charge in [0.1, 0.15) is 17.9 Å². The first-order chi connectivity index (χ1) is 16.9. The summed E-state index contributed by atoms with van der Waals surface area (Å²) in [4.78, 5) is 36.5. The highest BCUT2D eigenvalue weighted by molar-refractivity contribution is 5.95. The van der Waals surface area contributed by atoms with Gasteiger partial charge in [-0.25, -0.2) is 9.59 Å². The molecule has 0 fully saturated rings. The van der Waals surface area contributed by atoms with Gasteiger partial charge in [-0.15, -0.1) is 0 Å². The molecule has 1 aliphatic rings. The smallest absolute Gasteiger partial charge is 0.407 e. The summed E-state index contributed by atoms with van der Waals surface area (Å²) in [5, 5.41) is 14.7. The fourth-order valence-corrected chi connectivity index (χ4v) is 4.47. The molecule has 0 radical (unpaired) electrons. The summed E-state index contributed by atoms with van der Waals surface area (Å²) >= 11 is 0. The molecule has 0 saturated carbocycles. The Labute approximate surface area is 203 Å². The minimum absolute atomic E-state index is 0.0234. The van der Waals surface area contributed by atoms with Crippen LogP contribution in [0.25, 0.3) is 11.1 Å². The third-order valence-corrected chi connectivity index (χ3v) is 6.61. The maximum atomic E-state index is 12.5. The van der Waals surface area contributed by atoms with Crippen LogP contribution in [-0.2, 0) is 16.1 Å². The lowest BCUT2D eigenvalue weighted by atomic mass is 9.93. The first-order valence-corrected chi connectivity index (χ1v) is 11.6. The van der Waals surface area contributed by atoms with Crippen LogP contribution in [0.2, 0.25) is 0 Å². The van der Waals surface area contributed by atoms with Crippen molar-refractivity contribution in [2.24, 2.45) is 0 Å². The van der Waals surface area contributed by atoms with Crippen LogP contribution in [0.15, 0.2) is 65.1 Å². The summed E-state index contributed by atoms with van der Waals surface area (Å²) < 4.78 is 11.0. The zero-order chi connectivity index (χ0) is 25.0. The highest BCUT2D eigenvalue weighted by Gasteiger charge is 2.37. The number of carbonyl (C=O) groups excluding carboxylic acids is 2. The summed E-state index contributed by atoms with van der Waals surface area (Å²) in [6.45, 7) is 3.61. The quantitative estimate of drug-likeness (QED) is 0.412. The van der Waals surface area contributed by atoms with Gasteiger partial charge < -0.3 is 24.9 Å². The van der Waals surface area contributed by atoms with Crippen molar-refractivity contribution < 1.29 is 28.6 Å². The Morgan fingerprint density at radius 1 is 0.943 bits per heavy atom. The van der Waals surface area contributed by atoms with E-state index < -0.39 is 23.5 Å². The molecular formula is C27H28N2O6. The van der Waals surface area contributed by atoms with Crippen molar-refractivity contribution in [1.82, 2.24) is 10.6 Å². The molecule has 35 heavy (non-hydrogen) atoms. The number of alkyl carbamates (subject to hydrolysis) is 1. The number of carbonyl (C=O) groups is 3. The molecule has 1 aromatic heterocycles. The van der Waals surface area contributed by atoms with Gasteiger partial charge >= 0.3 is 12.1 Å². The van der Waals surface area contributed by atoms with Gasteiger partial charge in [0.05, 0.1) is 6.54 Å². The summed E-state index contributed by atoms with van der Waals surface area (Å²) in [7, 11) is 0. The highest BCUT2D eigenvalue weighted by atomic mass is 16.5. The number of benzene rings is 2. The van der Waals surface area contributed by atoms with Crippen molar-refractivity contribution in [3.05, 3.63) is 83.3 Å². The fraction of sp³-hybridized carbons (Fsp3) is 0.296. The lowest BCUT2D eigenvalue weighted by Gasteiger charge is -2.27. The molecule has 0 spiro atoms. The zero-order valence-electron chi connectivity index (χ0n) is 19.7. The lowest BCUT2D eigenvalue weighted by molar-refractivity contribution is -0.144. The number of hydrogen-bond donors (Lipinski definition) is 3. The van der Waals surface area contributed by atoms with Crippen LogP contribution in [0, 0.1) is 0 Å². The number of rotatable bonds is 9. The Hall–Kier alpha value is -4.07. The molecule has 8 nitrogen and oxygen atoms in total. The standard InChI is InChI=1S/C27H28N2O6/c1-3-27(4-2,25(31)32)29-24(30)23-14-13-17(35-23)15-28-26(33)34-16-22-20-11-7-5-9-18(20)19-10-6-8-12-21(19)22/h5-14,22H,3-4,15-16H2,1-2H3,(H,28,33)(H,29,30)(H,31,32). The van der Waals surface area contributed by atoms with E-state index in [-0.39, 0.29) is 37.7 Å². The minimum Gasteiger partial charge on any atom is -0.480 e. The second kappa shape index (κ2) is 10.0. The van der Waals surface area contributed by atoms with Crippen LogP contribution < -0.4 is 10.6 Å². The van der Waals surface area contributed by atoms with Crippen LogP contribution in [0.5, 0.6) is 0 Å². The SMILES string of the molecule is CCC(CC)(NC(=O)c1ccc(CNC(=O)OCC2c3ccccc3-c3ccccc32)o1)C(=O)O. The second-order valence-electron chi connectivity index (χ2n) is 8.49. The summed E-state index contributed by atoms with van der Waals surface area (Å²) in [5.74, 6) is -1.44. The topological polar surface area (TPSA) is 118 Å². The fourth-order valence-electron chi connectivity index (χ4n) is 4.47. The summed E-state index contributed by atoms with van der Waals surface area (Å²) in [5.41, 5.74) is 3.19. The van der Waals surface area contributed by atoms with E-state index in [2.05, 4.69) is 22.8 Å². The van der Waals surface area contributed by atoms with Gasteiger partial charge in [0.15, 0.2) is 5.76 Å². The molecule has 3 N–H and O–H groups in total. The first kappa shape index (κ1) is 24.1. The maximum absolute atomic E-state index is 12.5. The number of nitrogens with one attached hydrogen (secondary N) is 2. The third-order valence-electron chi connectivity index (χ3n) is 6.61. The predicted octanol–water partition coefficient (Wildman–Crippen LogP) is 4.69. The Bertz CT molecular complexity index is 1200. The van der Waals surface area contributed by atoms with Crippen molar-refractivity contribution >= 4 is 18.0 Å². The van der Waals surface area contributed by atoms with Crippen molar-refractivity contribution in [2.45, 2.75) is 44.7 Å². The number of hydrogen-bond acceptors (Lipinski definition) is 5. The maximum Gasteiger partial charge on any atom is 0.407 e. The van der Waals surface area contributed by atoms with Crippen molar-refractivity contribution in [3.63, 3.8) is 0 Å². The number of aliphatic carboxylic acids is 1. The van der Waals surface area contributed by atoms with E-state index in [9.17, 15) is 19.5 Å². The van der Waals surface area contributed by atoms with E-state index in [4.69, 9.17) is 9.15 Å². The van der Waals surface area contributed by atoms with E-state index in [0.29, 0.717) is 5.76 Å². The Morgan fingerprint density at radius 3 is 2.11 bits per heavy atom. The molecule has 0 aliphatic heterocycles. The molecular weight excluding hydrogens is 448 g/mol. The molecule has 1 aliphatic carbocycles. The van der Waals surface area contributed by atoms with E-state index in [1.165, 1.54) is 6.07 Å². The van der Waals surface area contributed by atoms with Gasteiger partial charge in [-0.3, -0.25) is 4.79 Å². The van der Waals surface area contributed by atoms with Crippen LogP contribution >= 0.6 is 0 Å². The number of amides is 2. The molecule has 182 valence electrons. The predicted molar refractivity (Wildman–Crippen MR) is 129 cm³/mol. The van der Waals surface area contributed by atoms with Crippen molar-refractivity contribution in [1.29, 1.82) is 0 Å². The van der Waals surface area contributed by atoms with Gasteiger partial charge in [0.25, 0.3) is 5.91 Å². The number of furan rings is 1. The first-order valence-electron chi connectivity index (χ1n) is 11.6. The van der Waals surface area contributed by atoms with Gasteiger partial charge in [-0.1, -0.05) is 62.4 Å². The largest absolute Gasteiger partial charge is 0.480 e. The average Bonchev–Trinajstić information content (AvgIpc) is 3.48. The van der Waals surface area contributed by atoms with Crippen LogP contribution in [0.4, 0.5) is 4.79 Å². The molecule has 0 saturated heterocycles. The molecule has 0 bridgehead atoms. The Balaban J connectivity index is 1.33. The highest BCUT2D eigenvalue weighted by Crippen LogP contribution is 2.44. The summed E-state index contributed by atoms with van der Waals surface area (Å²) in [6.07, 6.45) is -0.126. The van der Waals surface area contributed by atoms with Crippen LogP contribution in [0.3, 0.4) is 0 Å². The van der Waals surface area contributed by atoms with E-state index in [1.54, 1.807) is 19.9 Å². The number of ether oxygens (including phenoxy) is 1. The van der Waals surface area contributed by atoms with Crippen molar-refractivity contribution in [3.8, 4) is 11.1 Å². The lowest BCUT2D eigenvalue weighted by Crippen LogP contribution is -2.53. The molecule has 3 aromatic rings. The van der Waals surface area contributed by atoms with Gasteiger partial charge in [0.2, 0.25) is 0 Å². The van der Waals surface area contributed by atoms with E-state index >= 15 is 0 Å². The zero-order valence-corrected chi connectivity index (χ0v) is 19.7. The molecule has 1 heterocycles. The molecule has 2 aromatic carbocycles. The summed E-state index contributed by atoms with van der Waals surface area (Å²) in [6, 6.07) is 19.2. The minimum atomic E-state index is -1.36. The third kappa shape index (κ3) is 4.77. The van der Waals surface area contributed by atoms with E-state index in [1.807, 2.05) is 36.4 Å². The van der Waals surface area contributed by atoms with Crippen LogP contribution in [0.1, 0.15) is 60.0 Å². The normalized spacial score (nSPS) is 12.5. The Kier molecular flexibility index (Phi) is 6.91.